The van der Waals surface area contributed by atoms with Crippen molar-refractivity contribution in [2.75, 3.05) is 11.9 Å². The molecular formula is C14H25N3O2. The summed E-state index contributed by atoms with van der Waals surface area (Å²) in [6.45, 7) is 10.00. The highest BCUT2D eigenvalue weighted by molar-refractivity contribution is 5.83. The summed E-state index contributed by atoms with van der Waals surface area (Å²) in [6, 6.07) is 3.66. The smallest absolute Gasteiger partial charge is 0.413 e. The molecule has 0 saturated heterocycles. The molecule has 3 N–H and O–H groups in total. The first-order valence-corrected chi connectivity index (χ1v) is 6.56. The van der Waals surface area contributed by atoms with E-state index in [0.29, 0.717) is 12.4 Å². The molecule has 0 saturated carbocycles. The third-order valence-corrected chi connectivity index (χ3v) is 1.89. The molecule has 108 valence electrons. The van der Waals surface area contributed by atoms with Crippen LogP contribution in [0.5, 0.6) is 0 Å². The van der Waals surface area contributed by atoms with Crippen LogP contribution in [0.15, 0.2) is 18.3 Å². The summed E-state index contributed by atoms with van der Waals surface area (Å²) in [5, 5.41) is 2.58. The Kier molecular flexibility index (Phi) is 7.75. The molecule has 1 aromatic rings. The molecule has 0 aliphatic rings. The van der Waals surface area contributed by atoms with E-state index in [-0.39, 0.29) is 0 Å². The Morgan fingerprint density at radius 1 is 1.42 bits per heavy atom. The fourth-order valence-electron chi connectivity index (χ4n) is 1.27. The van der Waals surface area contributed by atoms with Crippen LogP contribution in [0.4, 0.5) is 10.6 Å². The van der Waals surface area contributed by atoms with E-state index in [2.05, 4.69) is 10.3 Å². The number of carbonyl (C=O) groups excluding carboxylic acids is 1. The average molecular weight is 267 g/mol. The van der Waals surface area contributed by atoms with Crippen molar-refractivity contribution in [2.45, 2.75) is 46.6 Å². The monoisotopic (exact) mass is 267 g/mol. The highest BCUT2D eigenvalue weighted by Gasteiger charge is 2.16. The molecular weight excluding hydrogens is 242 g/mol. The van der Waals surface area contributed by atoms with Gasteiger partial charge in [0.25, 0.3) is 0 Å². The molecule has 0 radical (unpaired) electrons. The minimum atomic E-state index is -0.515. The lowest BCUT2D eigenvalue weighted by atomic mass is 10.2. The van der Waals surface area contributed by atoms with Crippen LogP contribution >= 0.6 is 0 Å². The largest absolute Gasteiger partial charge is 0.444 e. The van der Waals surface area contributed by atoms with Crippen molar-refractivity contribution in [1.82, 2.24) is 4.98 Å². The van der Waals surface area contributed by atoms with Crippen LogP contribution in [0, 0.1) is 0 Å². The fraction of sp³-hybridized carbons (Fsp3) is 0.571. The minimum absolute atomic E-state index is 0.477. The van der Waals surface area contributed by atoms with Crippen molar-refractivity contribution in [3.63, 3.8) is 0 Å². The number of rotatable bonds is 3. The van der Waals surface area contributed by atoms with Gasteiger partial charge in [-0.2, -0.15) is 0 Å². The topological polar surface area (TPSA) is 77.2 Å². The van der Waals surface area contributed by atoms with Gasteiger partial charge in [0.05, 0.1) is 0 Å². The Morgan fingerprint density at radius 3 is 2.58 bits per heavy atom. The predicted octanol–water partition coefficient (Wildman–Crippen LogP) is 2.96. The number of aromatic nitrogens is 1. The van der Waals surface area contributed by atoms with Crippen molar-refractivity contribution in [2.24, 2.45) is 5.73 Å². The van der Waals surface area contributed by atoms with Crippen LogP contribution in [-0.4, -0.2) is 23.2 Å². The summed E-state index contributed by atoms with van der Waals surface area (Å²) in [7, 11) is 0. The third kappa shape index (κ3) is 8.15. The molecule has 0 fully saturated rings. The SMILES string of the molecule is CC.CC(C)(C)OC(=O)Nc1cc(CCN)ccn1. The summed E-state index contributed by atoms with van der Waals surface area (Å²) in [5.74, 6) is 0.477. The van der Waals surface area contributed by atoms with E-state index in [1.54, 1.807) is 12.3 Å². The van der Waals surface area contributed by atoms with Crippen LogP contribution in [-0.2, 0) is 11.2 Å². The van der Waals surface area contributed by atoms with E-state index in [0.717, 1.165) is 12.0 Å². The second-order valence-corrected chi connectivity index (χ2v) is 4.71. The third-order valence-electron chi connectivity index (χ3n) is 1.89. The second-order valence-electron chi connectivity index (χ2n) is 4.71. The number of hydrogen-bond donors (Lipinski definition) is 2. The van der Waals surface area contributed by atoms with E-state index >= 15 is 0 Å². The van der Waals surface area contributed by atoms with E-state index in [4.69, 9.17) is 10.5 Å². The Balaban J connectivity index is 0.00000154. The lowest BCUT2D eigenvalue weighted by molar-refractivity contribution is 0.0635. The number of hydrogen-bond acceptors (Lipinski definition) is 4. The van der Waals surface area contributed by atoms with Crippen molar-refractivity contribution in [1.29, 1.82) is 0 Å². The summed E-state index contributed by atoms with van der Waals surface area (Å²) in [6.07, 6.45) is 1.89. The molecule has 1 amide bonds. The Labute approximate surface area is 115 Å². The van der Waals surface area contributed by atoms with Crippen molar-refractivity contribution in [3.8, 4) is 0 Å². The molecule has 0 bridgehead atoms. The normalized spacial score (nSPS) is 10.2. The van der Waals surface area contributed by atoms with Crippen LogP contribution in [0.3, 0.4) is 0 Å². The fourth-order valence-corrected chi connectivity index (χ4v) is 1.27. The maximum Gasteiger partial charge on any atom is 0.413 e. The number of nitrogens with zero attached hydrogens (tertiary/aromatic N) is 1. The first kappa shape index (κ1) is 17.4. The van der Waals surface area contributed by atoms with Crippen LogP contribution < -0.4 is 11.1 Å². The molecule has 1 heterocycles. The molecule has 0 aliphatic carbocycles. The zero-order chi connectivity index (χ0) is 14.9. The quantitative estimate of drug-likeness (QED) is 0.882. The molecule has 5 nitrogen and oxygen atoms in total. The van der Waals surface area contributed by atoms with Gasteiger partial charge in [-0.15, -0.1) is 0 Å². The second kappa shape index (κ2) is 8.48. The van der Waals surface area contributed by atoms with E-state index in [9.17, 15) is 4.79 Å². The van der Waals surface area contributed by atoms with E-state index < -0.39 is 11.7 Å². The molecule has 1 rings (SSSR count). The number of ether oxygens (including phenoxy) is 1. The number of anilines is 1. The molecule has 0 aromatic carbocycles. The lowest BCUT2D eigenvalue weighted by Gasteiger charge is -2.19. The molecule has 0 atom stereocenters. The Hall–Kier alpha value is -1.62. The van der Waals surface area contributed by atoms with Gasteiger partial charge in [0.15, 0.2) is 0 Å². The Morgan fingerprint density at radius 2 is 2.05 bits per heavy atom. The van der Waals surface area contributed by atoms with Crippen molar-refractivity contribution >= 4 is 11.9 Å². The van der Waals surface area contributed by atoms with Gasteiger partial charge in [-0.05, 0) is 51.4 Å². The number of nitrogens with one attached hydrogen (secondary N) is 1. The summed E-state index contributed by atoms with van der Waals surface area (Å²) in [4.78, 5) is 15.5. The van der Waals surface area contributed by atoms with Gasteiger partial charge < -0.3 is 10.5 Å². The standard InChI is InChI=1S/C12H19N3O2.C2H6/c1-12(2,3)17-11(16)15-10-8-9(4-6-13)5-7-14-10;1-2/h5,7-8H,4,6,13H2,1-3H3,(H,14,15,16);1-2H3. The van der Waals surface area contributed by atoms with Gasteiger partial charge in [-0.25, -0.2) is 9.78 Å². The maximum atomic E-state index is 11.5. The maximum absolute atomic E-state index is 11.5. The predicted molar refractivity (Wildman–Crippen MR) is 78.2 cm³/mol. The molecule has 5 heteroatoms. The highest BCUT2D eigenvalue weighted by Crippen LogP contribution is 2.11. The van der Waals surface area contributed by atoms with Gasteiger partial charge in [0, 0.05) is 6.20 Å². The van der Waals surface area contributed by atoms with Gasteiger partial charge in [-0.1, -0.05) is 13.8 Å². The number of amides is 1. The minimum Gasteiger partial charge on any atom is -0.444 e. The van der Waals surface area contributed by atoms with Gasteiger partial charge >= 0.3 is 6.09 Å². The zero-order valence-corrected chi connectivity index (χ0v) is 12.5. The summed E-state index contributed by atoms with van der Waals surface area (Å²) >= 11 is 0. The van der Waals surface area contributed by atoms with E-state index in [1.807, 2.05) is 40.7 Å². The first-order chi connectivity index (χ1) is 8.90. The highest BCUT2D eigenvalue weighted by atomic mass is 16.6. The van der Waals surface area contributed by atoms with Gasteiger partial charge in [0.1, 0.15) is 11.4 Å². The van der Waals surface area contributed by atoms with Gasteiger partial charge in [0.2, 0.25) is 0 Å². The van der Waals surface area contributed by atoms with E-state index in [1.165, 1.54) is 0 Å². The molecule has 1 aromatic heterocycles. The van der Waals surface area contributed by atoms with Crippen molar-refractivity contribution < 1.29 is 9.53 Å². The summed E-state index contributed by atoms with van der Waals surface area (Å²) < 4.78 is 5.13. The Bertz CT molecular complexity index is 387. The number of pyridine rings is 1. The molecule has 0 unspecified atom stereocenters. The number of nitrogens with two attached hydrogens (primary N) is 1. The lowest BCUT2D eigenvalue weighted by Crippen LogP contribution is -2.27. The molecule has 19 heavy (non-hydrogen) atoms. The van der Waals surface area contributed by atoms with Crippen molar-refractivity contribution in [3.05, 3.63) is 23.9 Å². The molecule has 0 spiro atoms. The van der Waals surface area contributed by atoms with Crippen LogP contribution in [0.25, 0.3) is 0 Å². The average Bonchev–Trinajstić information content (AvgIpc) is 2.30. The zero-order valence-electron chi connectivity index (χ0n) is 12.5. The first-order valence-electron chi connectivity index (χ1n) is 6.56. The van der Waals surface area contributed by atoms with Gasteiger partial charge in [-0.3, -0.25) is 5.32 Å². The van der Waals surface area contributed by atoms with Crippen LogP contribution in [0.2, 0.25) is 0 Å². The van der Waals surface area contributed by atoms with Crippen LogP contribution in [0.1, 0.15) is 40.2 Å². The summed E-state index contributed by atoms with van der Waals surface area (Å²) in [5.41, 5.74) is 5.98. The number of carbonyl (C=O) groups is 1. The molecule has 0 aliphatic heterocycles.